The third-order valence-corrected chi connectivity index (χ3v) is 5.01. The van der Waals surface area contributed by atoms with Crippen LogP contribution >= 0.6 is 0 Å². The third kappa shape index (κ3) is 6.08. The molecule has 1 aromatic rings. The Morgan fingerprint density at radius 2 is 2.03 bits per heavy atom. The van der Waals surface area contributed by atoms with E-state index in [-0.39, 0.29) is 12.1 Å². The van der Waals surface area contributed by atoms with E-state index >= 15 is 0 Å². The second kappa shape index (κ2) is 9.45. The summed E-state index contributed by atoms with van der Waals surface area (Å²) in [4.78, 5) is 18.5. The molecule has 0 saturated carbocycles. The highest BCUT2D eigenvalue weighted by molar-refractivity contribution is 5.80. The van der Waals surface area contributed by atoms with Crippen LogP contribution in [-0.2, 0) is 24.1 Å². The Labute approximate surface area is 173 Å². The van der Waals surface area contributed by atoms with Gasteiger partial charge in [0.1, 0.15) is 17.2 Å². The lowest BCUT2D eigenvalue weighted by atomic mass is 10.1. The van der Waals surface area contributed by atoms with E-state index in [2.05, 4.69) is 25.4 Å². The first kappa shape index (κ1) is 21.4. The maximum Gasteiger partial charge on any atom is 0.410 e. The molecular formula is C20H35N7O2. The number of hydrogen-bond donors (Lipinski definition) is 2. The normalized spacial score (nSPS) is 17.9. The highest BCUT2D eigenvalue weighted by Crippen LogP contribution is 2.16. The number of nitrogens with one attached hydrogen (secondary N) is 2. The average molecular weight is 406 g/mol. The van der Waals surface area contributed by atoms with E-state index in [0.29, 0.717) is 19.6 Å². The van der Waals surface area contributed by atoms with E-state index in [4.69, 9.17) is 9.73 Å². The molecular weight excluding hydrogens is 370 g/mol. The van der Waals surface area contributed by atoms with Crippen LogP contribution in [0.15, 0.2) is 4.99 Å². The molecule has 1 fully saturated rings. The van der Waals surface area contributed by atoms with Gasteiger partial charge in [0, 0.05) is 45.6 Å². The van der Waals surface area contributed by atoms with Crippen molar-refractivity contribution in [1.82, 2.24) is 30.3 Å². The molecule has 3 rings (SSSR count). The van der Waals surface area contributed by atoms with Crippen molar-refractivity contribution < 1.29 is 9.53 Å². The maximum absolute atomic E-state index is 12.1. The number of ether oxygens (including phenoxy) is 1. The van der Waals surface area contributed by atoms with E-state index in [1.807, 2.05) is 27.7 Å². The number of aromatic nitrogens is 3. The topological polar surface area (TPSA) is 96.7 Å². The molecule has 0 aliphatic carbocycles. The van der Waals surface area contributed by atoms with Crippen molar-refractivity contribution in [2.24, 2.45) is 4.99 Å². The van der Waals surface area contributed by atoms with E-state index < -0.39 is 5.60 Å². The zero-order valence-electron chi connectivity index (χ0n) is 18.2. The lowest BCUT2D eigenvalue weighted by molar-refractivity contribution is 0.00701. The third-order valence-electron chi connectivity index (χ3n) is 5.01. The van der Waals surface area contributed by atoms with Crippen molar-refractivity contribution in [2.45, 2.75) is 78.0 Å². The summed E-state index contributed by atoms with van der Waals surface area (Å²) in [5, 5.41) is 15.4. The molecule has 0 unspecified atom stereocenters. The Hall–Kier alpha value is -2.32. The number of amides is 1. The zero-order valence-corrected chi connectivity index (χ0v) is 18.2. The quantitative estimate of drug-likeness (QED) is 0.572. The molecule has 1 aromatic heterocycles. The summed E-state index contributed by atoms with van der Waals surface area (Å²) in [6, 6.07) is 0.185. The zero-order chi connectivity index (χ0) is 20.9. The van der Waals surface area contributed by atoms with Crippen LogP contribution in [-0.4, -0.2) is 69.5 Å². The Kier molecular flexibility index (Phi) is 6.97. The number of aliphatic imine (C=N–C) groups is 1. The van der Waals surface area contributed by atoms with E-state index in [0.717, 1.165) is 43.5 Å². The minimum atomic E-state index is -0.466. The van der Waals surface area contributed by atoms with Crippen molar-refractivity contribution in [3.63, 3.8) is 0 Å². The standard InChI is InChI=1S/C20H35N7O2/c1-5-21-18(23-15-13-26(14-15)19(28)29-20(2,3)4)22-11-10-17-25-24-16-9-7-6-8-12-27(16)17/h15H,5-14H2,1-4H3,(H2,21,22,23). The molecule has 9 heteroatoms. The van der Waals surface area contributed by atoms with Crippen LogP contribution in [0.25, 0.3) is 0 Å². The van der Waals surface area contributed by atoms with Crippen LogP contribution in [0.3, 0.4) is 0 Å². The summed E-state index contributed by atoms with van der Waals surface area (Å²) in [6.45, 7) is 11.4. The van der Waals surface area contributed by atoms with Crippen molar-refractivity contribution in [2.75, 3.05) is 26.2 Å². The fraction of sp³-hybridized carbons (Fsp3) is 0.800. The van der Waals surface area contributed by atoms with Gasteiger partial charge in [0.2, 0.25) is 0 Å². The lowest BCUT2D eigenvalue weighted by Gasteiger charge is -2.40. The van der Waals surface area contributed by atoms with Gasteiger partial charge in [-0.05, 0) is 40.5 Å². The molecule has 162 valence electrons. The number of nitrogens with zero attached hydrogens (tertiary/aromatic N) is 5. The van der Waals surface area contributed by atoms with Gasteiger partial charge >= 0.3 is 6.09 Å². The summed E-state index contributed by atoms with van der Waals surface area (Å²) >= 11 is 0. The summed E-state index contributed by atoms with van der Waals surface area (Å²) in [7, 11) is 0. The smallest absolute Gasteiger partial charge is 0.410 e. The summed E-state index contributed by atoms with van der Waals surface area (Å²) in [5.41, 5.74) is -0.466. The van der Waals surface area contributed by atoms with Gasteiger partial charge in [0.05, 0.1) is 6.04 Å². The molecule has 3 heterocycles. The second-order valence-electron chi connectivity index (χ2n) is 8.73. The first-order chi connectivity index (χ1) is 13.9. The summed E-state index contributed by atoms with van der Waals surface area (Å²) < 4.78 is 7.67. The molecule has 0 radical (unpaired) electrons. The van der Waals surface area contributed by atoms with Crippen LogP contribution < -0.4 is 10.6 Å². The van der Waals surface area contributed by atoms with Crippen LogP contribution in [0.4, 0.5) is 4.79 Å². The molecule has 2 aliphatic rings. The van der Waals surface area contributed by atoms with Crippen LogP contribution in [0.1, 0.15) is 58.6 Å². The van der Waals surface area contributed by atoms with Gasteiger partial charge in [-0.2, -0.15) is 0 Å². The van der Waals surface area contributed by atoms with Crippen LogP contribution in [0.5, 0.6) is 0 Å². The first-order valence-corrected chi connectivity index (χ1v) is 10.8. The molecule has 2 aliphatic heterocycles. The fourth-order valence-electron chi connectivity index (χ4n) is 3.56. The van der Waals surface area contributed by atoms with E-state index in [1.54, 1.807) is 4.90 Å². The molecule has 1 saturated heterocycles. The Morgan fingerprint density at radius 1 is 1.24 bits per heavy atom. The molecule has 0 bridgehead atoms. The highest BCUT2D eigenvalue weighted by Gasteiger charge is 2.34. The van der Waals surface area contributed by atoms with Gasteiger partial charge in [-0.25, -0.2) is 4.79 Å². The average Bonchev–Trinajstić information content (AvgIpc) is 2.83. The van der Waals surface area contributed by atoms with Gasteiger partial charge in [-0.3, -0.25) is 4.99 Å². The van der Waals surface area contributed by atoms with Gasteiger partial charge in [0.15, 0.2) is 5.96 Å². The first-order valence-electron chi connectivity index (χ1n) is 10.8. The van der Waals surface area contributed by atoms with Crippen LogP contribution in [0.2, 0.25) is 0 Å². The number of likely N-dealkylation sites (tertiary alicyclic amines) is 1. The van der Waals surface area contributed by atoms with Crippen molar-refractivity contribution in [3.8, 4) is 0 Å². The molecule has 29 heavy (non-hydrogen) atoms. The Bertz CT molecular complexity index is 717. The number of guanidine groups is 1. The highest BCUT2D eigenvalue weighted by atomic mass is 16.6. The van der Waals surface area contributed by atoms with Gasteiger partial charge < -0.3 is 24.8 Å². The molecule has 2 N–H and O–H groups in total. The predicted octanol–water partition coefficient (Wildman–Crippen LogP) is 1.72. The molecule has 9 nitrogen and oxygen atoms in total. The van der Waals surface area contributed by atoms with Crippen molar-refractivity contribution in [3.05, 3.63) is 11.6 Å². The Morgan fingerprint density at radius 3 is 2.76 bits per heavy atom. The van der Waals surface area contributed by atoms with Crippen molar-refractivity contribution >= 4 is 12.1 Å². The second-order valence-corrected chi connectivity index (χ2v) is 8.73. The van der Waals surface area contributed by atoms with Gasteiger partial charge in [-0.15, -0.1) is 10.2 Å². The Balaban J connectivity index is 1.47. The lowest BCUT2D eigenvalue weighted by Crippen LogP contribution is -2.63. The van der Waals surface area contributed by atoms with Gasteiger partial charge in [0.25, 0.3) is 0 Å². The number of fused-ring (bicyclic) bond motifs is 1. The monoisotopic (exact) mass is 405 g/mol. The van der Waals surface area contributed by atoms with E-state index in [1.165, 1.54) is 19.3 Å². The SMILES string of the molecule is CCNC(=NCCc1nnc2n1CCCCC2)NC1CN(C(=O)OC(C)(C)C)C1. The number of aryl methyl sites for hydroxylation is 1. The number of hydrogen-bond acceptors (Lipinski definition) is 5. The maximum atomic E-state index is 12.1. The summed E-state index contributed by atoms with van der Waals surface area (Å²) in [5.74, 6) is 2.92. The molecule has 0 aromatic carbocycles. The molecule has 0 atom stereocenters. The number of rotatable bonds is 5. The largest absolute Gasteiger partial charge is 0.444 e. The number of carbonyl (C=O) groups is 1. The minimum absolute atomic E-state index is 0.185. The predicted molar refractivity (Wildman–Crippen MR) is 112 cm³/mol. The van der Waals surface area contributed by atoms with E-state index in [9.17, 15) is 4.79 Å². The van der Waals surface area contributed by atoms with Crippen LogP contribution in [0, 0.1) is 0 Å². The van der Waals surface area contributed by atoms with Gasteiger partial charge in [-0.1, -0.05) is 6.42 Å². The molecule has 0 spiro atoms. The fourth-order valence-corrected chi connectivity index (χ4v) is 3.56. The van der Waals surface area contributed by atoms with Crippen molar-refractivity contribution in [1.29, 1.82) is 0 Å². The molecule has 1 amide bonds. The summed E-state index contributed by atoms with van der Waals surface area (Å²) in [6.07, 6.45) is 5.20. The minimum Gasteiger partial charge on any atom is -0.444 e. The number of carbonyl (C=O) groups excluding carboxylic acids is 1.